The highest BCUT2D eigenvalue weighted by Gasteiger charge is 2.51. The van der Waals surface area contributed by atoms with Gasteiger partial charge in [0.15, 0.2) is 5.58 Å². The maximum atomic E-state index is 12.6. The molecule has 0 spiro atoms. The van der Waals surface area contributed by atoms with Gasteiger partial charge >= 0.3 is 6.09 Å². The Morgan fingerprint density at radius 2 is 1.96 bits per heavy atom. The molecule has 0 saturated carbocycles. The van der Waals surface area contributed by atoms with E-state index >= 15 is 0 Å². The molecule has 3 fully saturated rings. The summed E-state index contributed by atoms with van der Waals surface area (Å²) in [5.41, 5.74) is 2.84. The molecule has 1 amide bonds. The van der Waals surface area contributed by atoms with Gasteiger partial charge in [-0.2, -0.15) is 4.98 Å². The molecular formula is C21H28N4O3. The second-order valence-corrected chi connectivity index (χ2v) is 8.63. The van der Waals surface area contributed by atoms with Gasteiger partial charge in [0.25, 0.3) is 6.01 Å². The molecule has 1 aromatic heterocycles. The van der Waals surface area contributed by atoms with E-state index in [-0.39, 0.29) is 24.3 Å². The highest BCUT2D eigenvalue weighted by atomic mass is 16.6. The maximum absolute atomic E-state index is 12.6. The van der Waals surface area contributed by atoms with Crippen molar-refractivity contribution in [2.45, 2.75) is 57.8 Å². The number of oxazole rings is 1. The van der Waals surface area contributed by atoms with Crippen LogP contribution >= 0.6 is 0 Å². The van der Waals surface area contributed by atoms with E-state index in [1.54, 1.807) is 0 Å². The molecule has 28 heavy (non-hydrogen) atoms. The predicted octanol–water partition coefficient (Wildman–Crippen LogP) is 3.02. The molecule has 7 heteroatoms. The van der Waals surface area contributed by atoms with Crippen molar-refractivity contribution in [1.82, 2.24) is 14.8 Å². The van der Waals surface area contributed by atoms with Crippen LogP contribution in [-0.2, 0) is 4.74 Å². The Morgan fingerprint density at radius 1 is 1.18 bits per heavy atom. The fraction of sp³-hybridized carbons (Fsp3) is 0.619. The van der Waals surface area contributed by atoms with E-state index in [0.717, 1.165) is 37.0 Å². The minimum Gasteiger partial charge on any atom is -0.442 e. The first kappa shape index (κ1) is 17.8. The van der Waals surface area contributed by atoms with Crippen LogP contribution in [0.4, 0.5) is 10.8 Å². The number of likely N-dealkylation sites (tertiary alicyclic amines) is 1. The molecule has 0 unspecified atom stereocenters. The average Bonchev–Trinajstić information content (AvgIpc) is 3.33. The Kier molecular flexibility index (Phi) is 4.23. The zero-order chi connectivity index (χ0) is 19.4. The Labute approximate surface area is 165 Å². The molecule has 2 aromatic rings. The summed E-state index contributed by atoms with van der Waals surface area (Å²) >= 11 is 0. The van der Waals surface area contributed by atoms with Crippen molar-refractivity contribution >= 4 is 23.2 Å². The SMILES string of the molecule is Cc1ccc2oc(N3C[C@@H]4OC(=O)N(C5CCN(C(C)C)CC5)[C@@H]4C3)nc2c1. The van der Waals surface area contributed by atoms with Gasteiger partial charge in [-0.3, -0.25) is 4.90 Å². The van der Waals surface area contributed by atoms with Crippen molar-refractivity contribution in [2.75, 3.05) is 31.1 Å². The molecule has 4 heterocycles. The molecule has 0 N–H and O–H groups in total. The third kappa shape index (κ3) is 2.92. The number of hydrogen-bond donors (Lipinski definition) is 0. The van der Waals surface area contributed by atoms with Gasteiger partial charge in [-0.1, -0.05) is 6.07 Å². The van der Waals surface area contributed by atoms with E-state index < -0.39 is 0 Å². The number of amides is 1. The number of benzene rings is 1. The molecule has 0 radical (unpaired) electrons. The molecule has 3 aliphatic heterocycles. The molecule has 0 aliphatic carbocycles. The molecule has 7 nitrogen and oxygen atoms in total. The van der Waals surface area contributed by atoms with Crippen LogP contribution in [0.2, 0.25) is 0 Å². The maximum Gasteiger partial charge on any atom is 0.410 e. The van der Waals surface area contributed by atoms with E-state index in [2.05, 4.69) is 35.6 Å². The number of ether oxygens (including phenoxy) is 1. The minimum atomic E-state index is -0.147. The Bertz CT molecular complexity index is 887. The number of aryl methyl sites for hydroxylation is 1. The third-order valence-corrected chi connectivity index (χ3v) is 6.48. The summed E-state index contributed by atoms with van der Waals surface area (Å²) in [6.45, 7) is 9.95. The first-order valence-electron chi connectivity index (χ1n) is 10.3. The fourth-order valence-electron chi connectivity index (χ4n) is 4.88. The largest absolute Gasteiger partial charge is 0.442 e. The van der Waals surface area contributed by atoms with Gasteiger partial charge in [-0.15, -0.1) is 0 Å². The van der Waals surface area contributed by atoms with E-state index in [9.17, 15) is 4.79 Å². The van der Waals surface area contributed by atoms with E-state index in [4.69, 9.17) is 9.15 Å². The van der Waals surface area contributed by atoms with Crippen molar-refractivity contribution in [2.24, 2.45) is 0 Å². The Balaban J connectivity index is 1.31. The van der Waals surface area contributed by atoms with E-state index in [1.165, 1.54) is 5.56 Å². The summed E-state index contributed by atoms with van der Waals surface area (Å²) in [6.07, 6.45) is 1.77. The Hall–Kier alpha value is -2.28. The number of carbonyl (C=O) groups is 1. The van der Waals surface area contributed by atoms with Gasteiger partial charge in [0.1, 0.15) is 11.6 Å². The molecule has 150 valence electrons. The third-order valence-electron chi connectivity index (χ3n) is 6.48. The van der Waals surface area contributed by atoms with Gasteiger partial charge in [0, 0.05) is 31.7 Å². The van der Waals surface area contributed by atoms with Gasteiger partial charge in [0.2, 0.25) is 0 Å². The van der Waals surface area contributed by atoms with Crippen LogP contribution in [-0.4, -0.2) is 71.3 Å². The molecule has 0 bridgehead atoms. The lowest BCUT2D eigenvalue weighted by atomic mass is 10.0. The lowest BCUT2D eigenvalue weighted by molar-refractivity contribution is 0.0944. The zero-order valence-electron chi connectivity index (χ0n) is 16.8. The predicted molar refractivity (Wildman–Crippen MR) is 107 cm³/mol. The second kappa shape index (κ2) is 6.65. The summed E-state index contributed by atoms with van der Waals surface area (Å²) < 4.78 is 11.7. The lowest BCUT2D eigenvalue weighted by Crippen LogP contribution is -2.51. The van der Waals surface area contributed by atoms with Gasteiger partial charge < -0.3 is 19.0 Å². The topological polar surface area (TPSA) is 62.1 Å². The number of hydrogen-bond acceptors (Lipinski definition) is 6. The van der Waals surface area contributed by atoms with Crippen LogP contribution in [0, 0.1) is 6.92 Å². The van der Waals surface area contributed by atoms with E-state index in [1.807, 2.05) is 23.1 Å². The molecule has 1 aromatic carbocycles. The monoisotopic (exact) mass is 384 g/mol. The average molecular weight is 384 g/mol. The molecule has 3 aliphatic rings. The molecule has 3 saturated heterocycles. The van der Waals surface area contributed by atoms with E-state index in [0.29, 0.717) is 25.1 Å². The summed E-state index contributed by atoms with van der Waals surface area (Å²) in [7, 11) is 0. The molecular weight excluding hydrogens is 356 g/mol. The number of rotatable bonds is 3. The van der Waals surface area contributed by atoms with Crippen LogP contribution in [0.15, 0.2) is 22.6 Å². The summed E-state index contributed by atoms with van der Waals surface area (Å²) in [4.78, 5) is 23.8. The number of piperidine rings is 1. The second-order valence-electron chi connectivity index (χ2n) is 8.63. The van der Waals surface area contributed by atoms with Crippen molar-refractivity contribution in [3.8, 4) is 0 Å². The highest BCUT2D eigenvalue weighted by Crippen LogP contribution is 2.35. The quantitative estimate of drug-likeness (QED) is 0.811. The minimum absolute atomic E-state index is 0.0832. The Morgan fingerprint density at radius 3 is 2.71 bits per heavy atom. The van der Waals surface area contributed by atoms with Crippen LogP contribution in [0.1, 0.15) is 32.3 Å². The van der Waals surface area contributed by atoms with Gasteiger partial charge in [0.05, 0.1) is 12.6 Å². The zero-order valence-corrected chi connectivity index (χ0v) is 16.8. The first-order chi connectivity index (χ1) is 13.5. The normalized spacial score (nSPS) is 26.5. The molecule has 2 atom stereocenters. The smallest absolute Gasteiger partial charge is 0.410 e. The van der Waals surface area contributed by atoms with Crippen molar-refractivity contribution in [3.63, 3.8) is 0 Å². The van der Waals surface area contributed by atoms with Crippen molar-refractivity contribution in [3.05, 3.63) is 23.8 Å². The summed E-state index contributed by atoms with van der Waals surface area (Å²) in [5.74, 6) is 0. The lowest BCUT2D eigenvalue weighted by Gasteiger charge is -2.39. The van der Waals surface area contributed by atoms with Crippen molar-refractivity contribution in [1.29, 1.82) is 0 Å². The van der Waals surface area contributed by atoms with Crippen LogP contribution in [0.5, 0.6) is 0 Å². The number of nitrogens with zero attached hydrogens (tertiary/aromatic N) is 4. The van der Waals surface area contributed by atoms with Crippen molar-refractivity contribution < 1.29 is 13.9 Å². The summed E-state index contributed by atoms with van der Waals surface area (Å²) in [5, 5.41) is 0. The fourth-order valence-corrected chi connectivity index (χ4v) is 4.88. The number of anilines is 1. The van der Waals surface area contributed by atoms with Gasteiger partial charge in [-0.25, -0.2) is 4.79 Å². The molecule has 5 rings (SSSR count). The number of carbonyl (C=O) groups excluding carboxylic acids is 1. The summed E-state index contributed by atoms with van der Waals surface area (Å²) in [6, 6.07) is 7.57. The highest BCUT2D eigenvalue weighted by molar-refractivity contribution is 5.76. The number of aromatic nitrogens is 1. The van der Waals surface area contributed by atoms with Crippen LogP contribution in [0.3, 0.4) is 0 Å². The van der Waals surface area contributed by atoms with Crippen LogP contribution in [0.25, 0.3) is 11.1 Å². The van der Waals surface area contributed by atoms with Crippen LogP contribution < -0.4 is 4.90 Å². The number of fused-ring (bicyclic) bond motifs is 2. The first-order valence-corrected chi connectivity index (χ1v) is 10.3. The van der Waals surface area contributed by atoms with Gasteiger partial charge in [-0.05, 0) is 51.3 Å². The standard InChI is InChI=1S/C21H28N4O3/c1-13(2)23-8-6-15(7-9-23)25-17-11-24(12-19(17)28-21(25)26)20-22-16-10-14(3)4-5-18(16)27-20/h4-5,10,13,15,17,19H,6-9,11-12H2,1-3H3/t17-,19+/m1/s1.